The molecule has 0 aromatic heterocycles. The molecule has 1 aromatic carbocycles. The van der Waals surface area contributed by atoms with E-state index in [1.165, 1.54) is 0 Å². The summed E-state index contributed by atoms with van der Waals surface area (Å²) in [7, 11) is 0. The fourth-order valence-corrected chi connectivity index (χ4v) is 1.75. The Bertz CT molecular complexity index is 439. The van der Waals surface area contributed by atoms with Crippen LogP contribution in [0.1, 0.15) is 58.2 Å². The molecule has 1 N–H and O–H groups in total. The minimum Gasteiger partial charge on any atom is -0.872 e. The van der Waals surface area contributed by atoms with E-state index in [2.05, 4.69) is 20.8 Å². The van der Waals surface area contributed by atoms with Crippen LogP contribution in [0.25, 0.3) is 0 Å². The summed E-state index contributed by atoms with van der Waals surface area (Å²) in [6.45, 7) is 12.4. The molecule has 3 heteroatoms. The molecule has 0 unspecified atom stereocenters. The third-order valence-corrected chi connectivity index (χ3v) is 2.95. The van der Waals surface area contributed by atoms with Crippen molar-refractivity contribution in [3.63, 3.8) is 0 Å². The van der Waals surface area contributed by atoms with Crippen LogP contribution in [0.2, 0.25) is 0 Å². The maximum Gasteiger partial charge on any atom is 1.00 e. The molecule has 1 aromatic rings. The van der Waals surface area contributed by atoms with E-state index in [1.807, 2.05) is 32.9 Å². The normalized spacial score (nSPS) is 11.9. The first-order valence-electron chi connectivity index (χ1n) is 5.94. The van der Waals surface area contributed by atoms with Crippen LogP contribution in [0.15, 0.2) is 12.1 Å². The largest absolute Gasteiger partial charge is 1.00 e. The topological polar surface area (TPSA) is 46.9 Å². The van der Waals surface area contributed by atoms with Crippen molar-refractivity contribution in [2.75, 3.05) is 0 Å². The molecule has 0 aliphatic carbocycles. The molecule has 1 rings (SSSR count). The SMILES string of the molecule is CC(C)(C)c1cc(C=N)c([O-])c(C(C)(C)C)c1.[Na+]. The van der Waals surface area contributed by atoms with Gasteiger partial charge in [0.15, 0.2) is 0 Å². The minimum absolute atomic E-state index is 0. The van der Waals surface area contributed by atoms with Gasteiger partial charge in [0, 0.05) is 6.21 Å². The first-order valence-corrected chi connectivity index (χ1v) is 5.94. The summed E-state index contributed by atoms with van der Waals surface area (Å²) < 4.78 is 0. The van der Waals surface area contributed by atoms with Crippen LogP contribution < -0.4 is 34.7 Å². The van der Waals surface area contributed by atoms with Crippen LogP contribution >= 0.6 is 0 Å². The van der Waals surface area contributed by atoms with E-state index in [0.29, 0.717) is 5.56 Å². The predicted octanol–water partition coefficient (Wildman–Crippen LogP) is 0.357. The molecule has 0 aliphatic rings. The van der Waals surface area contributed by atoms with Crippen molar-refractivity contribution in [1.29, 1.82) is 5.41 Å². The summed E-state index contributed by atoms with van der Waals surface area (Å²) in [5, 5.41) is 19.5. The Morgan fingerprint density at radius 1 is 1.00 bits per heavy atom. The molecule has 0 saturated heterocycles. The fraction of sp³-hybridized carbons (Fsp3) is 0.533. The minimum atomic E-state index is -0.184. The molecule has 0 bridgehead atoms. The van der Waals surface area contributed by atoms with Crippen molar-refractivity contribution in [2.45, 2.75) is 52.4 Å². The number of hydrogen-bond acceptors (Lipinski definition) is 2. The standard InChI is InChI=1S/C15H23NO.Na/c1-14(2,3)11-7-10(9-16)13(17)12(8-11)15(4,5)6;/h7-9,16-17H,1-6H3;/q;+1/p-1. The molecule has 0 radical (unpaired) electrons. The van der Waals surface area contributed by atoms with Gasteiger partial charge in [-0.15, -0.1) is 0 Å². The Morgan fingerprint density at radius 2 is 1.50 bits per heavy atom. The van der Waals surface area contributed by atoms with Crippen molar-refractivity contribution in [3.05, 3.63) is 28.8 Å². The van der Waals surface area contributed by atoms with E-state index >= 15 is 0 Å². The summed E-state index contributed by atoms with van der Waals surface area (Å²) in [6, 6.07) is 3.83. The van der Waals surface area contributed by atoms with Crippen molar-refractivity contribution in [1.82, 2.24) is 0 Å². The van der Waals surface area contributed by atoms with Gasteiger partial charge >= 0.3 is 29.6 Å². The fourth-order valence-electron chi connectivity index (χ4n) is 1.75. The van der Waals surface area contributed by atoms with Crippen molar-refractivity contribution >= 4 is 6.21 Å². The van der Waals surface area contributed by atoms with Gasteiger partial charge in [-0.1, -0.05) is 59.4 Å². The van der Waals surface area contributed by atoms with Crippen LogP contribution in [0.4, 0.5) is 0 Å². The van der Waals surface area contributed by atoms with Crippen LogP contribution in [0, 0.1) is 5.41 Å². The van der Waals surface area contributed by atoms with Crippen molar-refractivity contribution in [3.8, 4) is 5.75 Å². The van der Waals surface area contributed by atoms with E-state index in [1.54, 1.807) is 0 Å². The molecule has 18 heavy (non-hydrogen) atoms. The van der Waals surface area contributed by atoms with Crippen LogP contribution in [0.5, 0.6) is 5.75 Å². The molecule has 0 fully saturated rings. The second-order valence-corrected chi connectivity index (χ2v) is 6.59. The Morgan fingerprint density at radius 3 is 1.83 bits per heavy atom. The number of nitrogens with one attached hydrogen (secondary N) is 1. The van der Waals surface area contributed by atoms with Gasteiger partial charge in [0.05, 0.1) is 0 Å². The van der Waals surface area contributed by atoms with E-state index in [-0.39, 0.29) is 46.1 Å². The molecular formula is C15H22NNaO. The quantitative estimate of drug-likeness (QED) is 0.571. The summed E-state index contributed by atoms with van der Waals surface area (Å²) in [5.74, 6) is -0.0134. The maximum absolute atomic E-state index is 12.2. The molecule has 94 valence electrons. The predicted molar refractivity (Wildman–Crippen MR) is 71.2 cm³/mol. The molecule has 0 saturated carbocycles. The first-order chi connectivity index (χ1) is 7.57. The molecule has 0 heterocycles. The maximum atomic E-state index is 12.2. The van der Waals surface area contributed by atoms with Crippen LogP contribution in [-0.4, -0.2) is 6.21 Å². The average molecular weight is 255 g/mol. The Labute approximate surface area is 133 Å². The Balaban J connectivity index is 0.00000289. The van der Waals surface area contributed by atoms with Gasteiger partial charge in [-0.3, -0.25) is 0 Å². The van der Waals surface area contributed by atoms with Crippen LogP contribution in [0.3, 0.4) is 0 Å². The number of rotatable bonds is 1. The van der Waals surface area contributed by atoms with E-state index in [4.69, 9.17) is 5.41 Å². The molecular weight excluding hydrogens is 233 g/mol. The second-order valence-electron chi connectivity index (χ2n) is 6.59. The second kappa shape index (κ2) is 5.77. The average Bonchev–Trinajstić information content (AvgIpc) is 2.14. The van der Waals surface area contributed by atoms with Gasteiger partial charge in [-0.25, -0.2) is 0 Å². The number of hydrogen-bond donors (Lipinski definition) is 1. The van der Waals surface area contributed by atoms with Crippen molar-refractivity contribution < 1.29 is 34.7 Å². The molecule has 2 nitrogen and oxygen atoms in total. The van der Waals surface area contributed by atoms with Gasteiger partial charge in [0.1, 0.15) is 0 Å². The summed E-state index contributed by atoms with van der Waals surface area (Å²) >= 11 is 0. The Hall–Kier alpha value is -0.310. The van der Waals surface area contributed by atoms with Crippen LogP contribution in [-0.2, 0) is 10.8 Å². The summed E-state index contributed by atoms with van der Waals surface area (Å²) in [4.78, 5) is 0. The zero-order valence-electron chi connectivity index (χ0n) is 12.6. The zero-order valence-corrected chi connectivity index (χ0v) is 14.6. The summed E-state index contributed by atoms with van der Waals surface area (Å²) in [6.07, 6.45) is 1.16. The first kappa shape index (κ1) is 17.7. The molecule has 0 amide bonds. The van der Waals surface area contributed by atoms with Gasteiger partial charge in [0.2, 0.25) is 0 Å². The van der Waals surface area contributed by atoms with Gasteiger partial charge in [0.25, 0.3) is 0 Å². The van der Waals surface area contributed by atoms with Crippen molar-refractivity contribution in [2.24, 2.45) is 0 Å². The Kier molecular flexibility index (Phi) is 5.67. The third kappa shape index (κ3) is 3.84. The van der Waals surface area contributed by atoms with Gasteiger partial charge in [-0.05, 0) is 27.5 Å². The smallest absolute Gasteiger partial charge is 0.872 e. The molecule has 0 atom stereocenters. The molecule has 0 spiro atoms. The monoisotopic (exact) mass is 255 g/mol. The summed E-state index contributed by atoms with van der Waals surface area (Å²) in [5.41, 5.74) is 2.20. The van der Waals surface area contributed by atoms with E-state index in [0.717, 1.165) is 17.3 Å². The zero-order chi connectivity index (χ0) is 13.4. The third-order valence-electron chi connectivity index (χ3n) is 2.95. The van der Waals surface area contributed by atoms with Gasteiger partial charge in [-0.2, -0.15) is 0 Å². The van der Waals surface area contributed by atoms with E-state index in [9.17, 15) is 5.11 Å². The van der Waals surface area contributed by atoms with E-state index < -0.39 is 0 Å². The van der Waals surface area contributed by atoms with Gasteiger partial charge < -0.3 is 10.5 Å². The number of benzene rings is 1. The molecule has 0 aliphatic heterocycles.